The van der Waals surface area contributed by atoms with Gasteiger partial charge >= 0.3 is 5.97 Å². The van der Waals surface area contributed by atoms with Gasteiger partial charge in [0.15, 0.2) is 18.1 Å². The predicted molar refractivity (Wildman–Crippen MR) is 96.3 cm³/mol. The summed E-state index contributed by atoms with van der Waals surface area (Å²) >= 11 is 0. The largest absolute Gasteiger partial charge is 0.486 e. The van der Waals surface area contributed by atoms with Crippen LogP contribution in [0, 0.1) is 5.92 Å². The lowest BCUT2D eigenvalue weighted by atomic mass is 10.1. The molecule has 150 valence electrons. The van der Waals surface area contributed by atoms with Crippen molar-refractivity contribution in [3.63, 3.8) is 0 Å². The lowest BCUT2D eigenvalue weighted by Crippen LogP contribution is -2.43. The third-order valence-corrected chi connectivity index (χ3v) is 5.00. The number of ether oxygens (including phenoxy) is 4. The first kappa shape index (κ1) is 18.5. The summed E-state index contributed by atoms with van der Waals surface area (Å²) < 4.78 is 21.4. The summed E-state index contributed by atoms with van der Waals surface area (Å²) in [6, 6.07) is 5.26. The average Bonchev–Trinajstić information content (AvgIpc) is 3.13. The summed E-state index contributed by atoms with van der Waals surface area (Å²) in [4.78, 5) is 40.0. The first-order valence-corrected chi connectivity index (χ1v) is 9.34. The Morgan fingerprint density at radius 3 is 2.61 bits per heavy atom. The highest BCUT2D eigenvalue weighted by atomic mass is 16.6. The number of hydrogen-bond donors (Lipinski definition) is 0. The SMILES string of the molecule is O=C(OCC(=O)N1CCOCC1)[C@H]1CC(=O)N(c2ccc3c(c2)OCCO3)C1. The maximum absolute atomic E-state index is 12.4. The van der Waals surface area contributed by atoms with E-state index in [1.165, 1.54) is 4.90 Å². The van der Waals surface area contributed by atoms with Crippen molar-refractivity contribution in [3.05, 3.63) is 18.2 Å². The van der Waals surface area contributed by atoms with Gasteiger partial charge in [0.2, 0.25) is 5.91 Å². The Kier molecular flexibility index (Phi) is 5.34. The molecule has 0 aromatic heterocycles. The van der Waals surface area contributed by atoms with Crippen molar-refractivity contribution in [1.82, 2.24) is 4.90 Å². The smallest absolute Gasteiger partial charge is 0.311 e. The van der Waals surface area contributed by atoms with Crippen LogP contribution in [0.2, 0.25) is 0 Å². The van der Waals surface area contributed by atoms with Crippen LogP contribution in [-0.4, -0.2) is 75.4 Å². The van der Waals surface area contributed by atoms with Gasteiger partial charge in [0.05, 0.1) is 19.1 Å². The quantitative estimate of drug-likeness (QED) is 0.679. The Labute approximate surface area is 162 Å². The molecule has 1 aromatic rings. The monoisotopic (exact) mass is 390 g/mol. The number of morpholine rings is 1. The predicted octanol–water partition coefficient (Wildman–Crippen LogP) is 0.213. The van der Waals surface area contributed by atoms with Crippen LogP contribution >= 0.6 is 0 Å². The van der Waals surface area contributed by atoms with E-state index in [9.17, 15) is 14.4 Å². The first-order chi connectivity index (χ1) is 13.6. The second-order valence-electron chi connectivity index (χ2n) is 6.83. The number of fused-ring (bicyclic) bond motifs is 1. The van der Waals surface area contributed by atoms with Crippen molar-refractivity contribution in [2.75, 3.05) is 57.6 Å². The standard InChI is InChI=1S/C19H22N2O7/c22-17-9-13(19(24)28-12-18(23)20-3-5-25-6-4-20)11-21(17)14-1-2-15-16(10-14)27-8-7-26-15/h1-2,10,13H,3-9,11-12H2/t13-/m0/s1. The first-order valence-electron chi connectivity index (χ1n) is 9.34. The minimum Gasteiger partial charge on any atom is -0.486 e. The van der Waals surface area contributed by atoms with Gasteiger partial charge in [-0.25, -0.2) is 0 Å². The van der Waals surface area contributed by atoms with Crippen LogP contribution in [0.1, 0.15) is 6.42 Å². The molecule has 28 heavy (non-hydrogen) atoms. The van der Waals surface area contributed by atoms with Crippen LogP contribution in [-0.2, 0) is 23.9 Å². The molecule has 0 spiro atoms. The molecular formula is C19H22N2O7. The number of rotatable bonds is 4. The van der Waals surface area contributed by atoms with Gasteiger partial charge in [0, 0.05) is 37.8 Å². The fourth-order valence-electron chi connectivity index (χ4n) is 3.47. The minimum atomic E-state index is -0.599. The zero-order valence-corrected chi connectivity index (χ0v) is 15.4. The van der Waals surface area contributed by atoms with Gasteiger partial charge in [-0.05, 0) is 12.1 Å². The maximum atomic E-state index is 12.4. The maximum Gasteiger partial charge on any atom is 0.311 e. The van der Waals surface area contributed by atoms with Gasteiger partial charge in [-0.2, -0.15) is 0 Å². The molecule has 3 aliphatic rings. The number of benzene rings is 1. The zero-order chi connectivity index (χ0) is 19.5. The topological polar surface area (TPSA) is 94.6 Å². The van der Waals surface area contributed by atoms with Crippen molar-refractivity contribution in [2.45, 2.75) is 6.42 Å². The van der Waals surface area contributed by atoms with Crippen LogP contribution < -0.4 is 14.4 Å². The van der Waals surface area contributed by atoms with E-state index in [1.54, 1.807) is 23.1 Å². The minimum absolute atomic E-state index is 0.0546. The fraction of sp³-hybridized carbons (Fsp3) is 0.526. The van der Waals surface area contributed by atoms with E-state index >= 15 is 0 Å². The number of esters is 1. The second kappa shape index (κ2) is 8.05. The molecule has 0 saturated carbocycles. The van der Waals surface area contributed by atoms with Gasteiger partial charge in [0.25, 0.3) is 5.91 Å². The highest BCUT2D eigenvalue weighted by Crippen LogP contribution is 2.36. The number of carbonyl (C=O) groups is 3. The molecule has 2 amide bonds. The molecule has 9 heteroatoms. The Morgan fingerprint density at radius 1 is 1.07 bits per heavy atom. The summed E-state index contributed by atoms with van der Waals surface area (Å²) in [5, 5.41) is 0. The third-order valence-electron chi connectivity index (χ3n) is 5.00. The highest BCUT2D eigenvalue weighted by Gasteiger charge is 2.37. The summed E-state index contributed by atoms with van der Waals surface area (Å²) in [5.74, 6) is -0.325. The van der Waals surface area contributed by atoms with Crippen molar-refractivity contribution in [2.24, 2.45) is 5.92 Å². The Balaban J connectivity index is 1.33. The van der Waals surface area contributed by atoms with Crippen molar-refractivity contribution >= 4 is 23.5 Å². The van der Waals surface area contributed by atoms with Crippen LogP contribution in [0.5, 0.6) is 11.5 Å². The summed E-state index contributed by atoms with van der Waals surface area (Å²) in [7, 11) is 0. The fourth-order valence-corrected chi connectivity index (χ4v) is 3.47. The van der Waals surface area contributed by atoms with Crippen LogP contribution in [0.15, 0.2) is 18.2 Å². The molecule has 0 radical (unpaired) electrons. The summed E-state index contributed by atoms with van der Waals surface area (Å²) in [6.07, 6.45) is 0.0546. The van der Waals surface area contributed by atoms with E-state index < -0.39 is 11.9 Å². The molecule has 0 N–H and O–H groups in total. The number of amides is 2. The Hall–Kier alpha value is -2.81. The molecule has 0 bridgehead atoms. The third kappa shape index (κ3) is 3.89. The van der Waals surface area contributed by atoms with E-state index in [1.807, 2.05) is 0 Å². The van der Waals surface area contributed by atoms with E-state index in [2.05, 4.69) is 0 Å². The molecule has 9 nitrogen and oxygen atoms in total. The average molecular weight is 390 g/mol. The van der Waals surface area contributed by atoms with E-state index in [0.29, 0.717) is 56.7 Å². The highest BCUT2D eigenvalue weighted by molar-refractivity contribution is 5.99. The molecular weight excluding hydrogens is 368 g/mol. The lowest BCUT2D eigenvalue weighted by Gasteiger charge is -2.26. The summed E-state index contributed by atoms with van der Waals surface area (Å²) in [6.45, 7) is 2.81. The molecule has 2 saturated heterocycles. The van der Waals surface area contributed by atoms with E-state index in [-0.39, 0.29) is 31.4 Å². The summed E-state index contributed by atoms with van der Waals surface area (Å²) in [5.41, 5.74) is 0.647. The number of nitrogens with zero attached hydrogens (tertiary/aromatic N) is 2. The Morgan fingerprint density at radius 2 is 1.82 bits per heavy atom. The van der Waals surface area contributed by atoms with Crippen LogP contribution in [0.3, 0.4) is 0 Å². The molecule has 0 unspecified atom stereocenters. The van der Waals surface area contributed by atoms with E-state index in [0.717, 1.165) is 0 Å². The van der Waals surface area contributed by atoms with Crippen molar-refractivity contribution in [3.8, 4) is 11.5 Å². The molecule has 4 rings (SSSR count). The molecule has 0 aliphatic carbocycles. The number of carbonyl (C=O) groups excluding carboxylic acids is 3. The van der Waals surface area contributed by atoms with Crippen molar-refractivity contribution < 1.29 is 33.3 Å². The van der Waals surface area contributed by atoms with Crippen molar-refractivity contribution in [1.29, 1.82) is 0 Å². The van der Waals surface area contributed by atoms with E-state index in [4.69, 9.17) is 18.9 Å². The molecule has 3 aliphatic heterocycles. The van der Waals surface area contributed by atoms with Gasteiger partial charge in [-0.3, -0.25) is 14.4 Å². The van der Waals surface area contributed by atoms with Gasteiger partial charge in [0.1, 0.15) is 13.2 Å². The number of anilines is 1. The van der Waals surface area contributed by atoms with Gasteiger partial charge in [-0.1, -0.05) is 0 Å². The zero-order valence-electron chi connectivity index (χ0n) is 15.4. The molecule has 1 atom stereocenters. The normalized spacial score (nSPS) is 21.6. The van der Waals surface area contributed by atoms with Crippen LogP contribution in [0.25, 0.3) is 0 Å². The van der Waals surface area contributed by atoms with Crippen LogP contribution in [0.4, 0.5) is 5.69 Å². The van der Waals surface area contributed by atoms with Gasteiger partial charge < -0.3 is 28.7 Å². The second-order valence-corrected chi connectivity index (χ2v) is 6.83. The Bertz CT molecular complexity index is 776. The molecule has 2 fully saturated rings. The molecule has 3 heterocycles. The lowest BCUT2D eigenvalue weighted by molar-refractivity contribution is -0.156. The molecule has 1 aromatic carbocycles. The number of hydrogen-bond acceptors (Lipinski definition) is 7. The van der Waals surface area contributed by atoms with Gasteiger partial charge in [-0.15, -0.1) is 0 Å².